The fourth-order valence-electron chi connectivity index (χ4n) is 1.62. The van der Waals surface area contributed by atoms with Gasteiger partial charge >= 0.3 is 12.0 Å². The summed E-state index contributed by atoms with van der Waals surface area (Å²) in [4.78, 5) is 14.7. The Bertz CT molecular complexity index is 358. The third-order valence-corrected chi connectivity index (χ3v) is 2.42. The van der Waals surface area contributed by atoms with E-state index in [0.29, 0.717) is 44.4 Å². The van der Waals surface area contributed by atoms with Crippen LogP contribution < -0.4 is 14.4 Å². The highest BCUT2D eigenvalue weighted by Gasteiger charge is 2.17. The molecule has 1 saturated heterocycles. The highest BCUT2D eigenvalue weighted by Crippen LogP contribution is 2.17. The van der Waals surface area contributed by atoms with E-state index in [1.54, 1.807) is 0 Å². The smallest absolute Gasteiger partial charge is 0.324 e. The zero-order valence-corrected chi connectivity index (χ0v) is 10.8. The fourth-order valence-corrected chi connectivity index (χ4v) is 1.62. The third kappa shape index (κ3) is 3.19. The second-order valence-corrected chi connectivity index (χ2v) is 3.67. The van der Waals surface area contributed by atoms with E-state index in [4.69, 9.17) is 14.2 Å². The zero-order valence-electron chi connectivity index (χ0n) is 10.8. The van der Waals surface area contributed by atoms with Crippen LogP contribution in [0, 0.1) is 0 Å². The molecular weight excluding hydrogens is 236 g/mol. The summed E-state index contributed by atoms with van der Waals surface area (Å²) in [5, 5.41) is 0. The highest BCUT2D eigenvalue weighted by molar-refractivity contribution is 5.32. The molecule has 1 aliphatic rings. The molecule has 2 heterocycles. The summed E-state index contributed by atoms with van der Waals surface area (Å²) in [7, 11) is 0. The van der Waals surface area contributed by atoms with Gasteiger partial charge in [0.15, 0.2) is 0 Å². The van der Waals surface area contributed by atoms with Crippen molar-refractivity contribution in [3.63, 3.8) is 0 Å². The molecule has 0 atom stereocenters. The van der Waals surface area contributed by atoms with Crippen LogP contribution in [-0.2, 0) is 4.74 Å². The molecule has 1 aliphatic heterocycles. The summed E-state index contributed by atoms with van der Waals surface area (Å²) in [6, 6.07) is 0.606. The van der Waals surface area contributed by atoms with Crippen LogP contribution in [-0.4, -0.2) is 54.5 Å². The van der Waals surface area contributed by atoms with E-state index < -0.39 is 0 Å². The van der Waals surface area contributed by atoms with Crippen LogP contribution >= 0.6 is 0 Å². The minimum absolute atomic E-state index is 0.303. The number of nitrogens with zero attached hydrogens (tertiary/aromatic N) is 4. The summed E-state index contributed by atoms with van der Waals surface area (Å²) >= 11 is 0. The molecule has 1 aromatic heterocycles. The van der Waals surface area contributed by atoms with E-state index in [1.165, 1.54) is 0 Å². The molecule has 0 aliphatic carbocycles. The van der Waals surface area contributed by atoms with Crippen LogP contribution in [0.5, 0.6) is 12.0 Å². The Kier molecular flexibility index (Phi) is 4.52. The van der Waals surface area contributed by atoms with E-state index in [9.17, 15) is 0 Å². The van der Waals surface area contributed by atoms with Crippen molar-refractivity contribution in [2.24, 2.45) is 0 Å². The second kappa shape index (κ2) is 6.34. The molecule has 18 heavy (non-hydrogen) atoms. The van der Waals surface area contributed by atoms with Gasteiger partial charge in [0, 0.05) is 13.1 Å². The Morgan fingerprint density at radius 2 is 1.56 bits per heavy atom. The van der Waals surface area contributed by atoms with Crippen LogP contribution in [0.2, 0.25) is 0 Å². The number of ether oxygens (including phenoxy) is 3. The van der Waals surface area contributed by atoms with Gasteiger partial charge in [0.25, 0.3) is 0 Å². The minimum atomic E-state index is 0.303. The van der Waals surface area contributed by atoms with Crippen LogP contribution in [0.25, 0.3) is 0 Å². The molecule has 0 bridgehead atoms. The molecule has 0 radical (unpaired) electrons. The molecule has 7 nitrogen and oxygen atoms in total. The van der Waals surface area contributed by atoms with Crippen LogP contribution in [0.1, 0.15) is 13.8 Å². The fraction of sp³-hybridized carbons (Fsp3) is 0.727. The third-order valence-electron chi connectivity index (χ3n) is 2.42. The van der Waals surface area contributed by atoms with Gasteiger partial charge in [0.2, 0.25) is 5.95 Å². The van der Waals surface area contributed by atoms with Gasteiger partial charge in [-0.25, -0.2) is 0 Å². The first kappa shape index (κ1) is 12.8. The predicted octanol–water partition coefficient (Wildman–Crippen LogP) is 0.506. The van der Waals surface area contributed by atoms with Gasteiger partial charge in [0.05, 0.1) is 26.4 Å². The van der Waals surface area contributed by atoms with Crippen molar-refractivity contribution >= 4 is 5.95 Å². The van der Waals surface area contributed by atoms with Crippen molar-refractivity contribution in [3.8, 4) is 12.0 Å². The van der Waals surface area contributed by atoms with Crippen LogP contribution in [0.15, 0.2) is 0 Å². The Hall–Kier alpha value is -1.63. The first-order valence-corrected chi connectivity index (χ1v) is 6.17. The zero-order chi connectivity index (χ0) is 12.8. The summed E-state index contributed by atoms with van der Waals surface area (Å²) in [5.74, 6) is 0.584. The number of hydrogen-bond acceptors (Lipinski definition) is 7. The topological polar surface area (TPSA) is 69.6 Å². The summed E-state index contributed by atoms with van der Waals surface area (Å²) in [5.41, 5.74) is 0. The maximum Gasteiger partial charge on any atom is 0.324 e. The van der Waals surface area contributed by atoms with Gasteiger partial charge in [-0.3, -0.25) is 0 Å². The highest BCUT2D eigenvalue weighted by atomic mass is 16.5. The molecule has 0 N–H and O–H groups in total. The monoisotopic (exact) mass is 254 g/mol. The molecule has 1 fully saturated rings. The summed E-state index contributed by atoms with van der Waals surface area (Å²) in [6.07, 6.45) is 0. The van der Waals surface area contributed by atoms with Crippen molar-refractivity contribution < 1.29 is 14.2 Å². The van der Waals surface area contributed by atoms with Crippen LogP contribution in [0.4, 0.5) is 5.95 Å². The maximum absolute atomic E-state index is 5.32. The Labute approximate surface area is 106 Å². The van der Waals surface area contributed by atoms with E-state index in [1.807, 2.05) is 18.7 Å². The number of aromatic nitrogens is 3. The van der Waals surface area contributed by atoms with Crippen LogP contribution in [0.3, 0.4) is 0 Å². The molecular formula is C11H18N4O3. The molecule has 0 amide bonds. The lowest BCUT2D eigenvalue weighted by molar-refractivity contribution is 0.121. The molecule has 100 valence electrons. The van der Waals surface area contributed by atoms with E-state index >= 15 is 0 Å². The first-order chi connectivity index (χ1) is 8.83. The SMILES string of the molecule is CCOc1nc(OCC)nc(N2CCOCC2)n1. The average Bonchev–Trinajstić information content (AvgIpc) is 2.40. The van der Waals surface area contributed by atoms with Gasteiger partial charge in [-0.2, -0.15) is 9.97 Å². The van der Waals surface area contributed by atoms with Gasteiger partial charge < -0.3 is 19.1 Å². The van der Waals surface area contributed by atoms with Crippen molar-refractivity contribution in [2.45, 2.75) is 13.8 Å². The second-order valence-electron chi connectivity index (χ2n) is 3.67. The average molecular weight is 254 g/mol. The Morgan fingerprint density at radius 1 is 1.00 bits per heavy atom. The number of morpholine rings is 1. The molecule has 2 rings (SSSR count). The minimum Gasteiger partial charge on any atom is -0.464 e. The molecule has 1 aromatic rings. The lowest BCUT2D eigenvalue weighted by atomic mass is 10.4. The number of anilines is 1. The van der Waals surface area contributed by atoms with Gasteiger partial charge in [-0.05, 0) is 13.8 Å². The Balaban J connectivity index is 2.20. The number of rotatable bonds is 5. The van der Waals surface area contributed by atoms with Gasteiger partial charge in [-0.15, -0.1) is 4.98 Å². The molecule has 0 unspecified atom stereocenters. The Morgan fingerprint density at radius 3 is 2.06 bits per heavy atom. The molecule has 0 aromatic carbocycles. The lowest BCUT2D eigenvalue weighted by Crippen LogP contribution is -2.37. The largest absolute Gasteiger partial charge is 0.464 e. The summed E-state index contributed by atoms with van der Waals surface area (Å²) < 4.78 is 15.9. The quantitative estimate of drug-likeness (QED) is 0.758. The standard InChI is InChI=1S/C11H18N4O3/c1-3-17-10-12-9(13-11(14-10)18-4-2)15-5-7-16-8-6-15/h3-8H2,1-2H3. The lowest BCUT2D eigenvalue weighted by Gasteiger charge is -2.26. The van der Waals surface area contributed by atoms with Crippen molar-refractivity contribution in [1.29, 1.82) is 0 Å². The van der Waals surface area contributed by atoms with E-state index in [-0.39, 0.29) is 0 Å². The van der Waals surface area contributed by atoms with Gasteiger partial charge in [-0.1, -0.05) is 0 Å². The van der Waals surface area contributed by atoms with Crippen molar-refractivity contribution in [3.05, 3.63) is 0 Å². The van der Waals surface area contributed by atoms with E-state index in [0.717, 1.165) is 13.1 Å². The molecule has 0 spiro atoms. The molecule has 7 heteroatoms. The van der Waals surface area contributed by atoms with E-state index in [2.05, 4.69) is 15.0 Å². The predicted molar refractivity (Wildman–Crippen MR) is 65.2 cm³/mol. The first-order valence-electron chi connectivity index (χ1n) is 6.17. The maximum atomic E-state index is 5.32. The van der Waals surface area contributed by atoms with Crippen molar-refractivity contribution in [2.75, 3.05) is 44.4 Å². The normalized spacial score (nSPS) is 15.6. The van der Waals surface area contributed by atoms with Crippen molar-refractivity contribution in [1.82, 2.24) is 15.0 Å². The molecule has 0 saturated carbocycles. The number of hydrogen-bond donors (Lipinski definition) is 0. The van der Waals surface area contributed by atoms with Gasteiger partial charge in [0.1, 0.15) is 0 Å². The summed E-state index contributed by atoms with van der Waals surface area (Å²) in [6.45, 7) is 7.69.